The van der Waals surface area contributed by atoms with Crippen LogP contribution in [0.3, 0.4) is 0 Å². The Morgan fingerprint density at radius 2 is 1.70 bits per heavy atom. The Morgan fingerprint density at radius 1 is 1.00 bits per heavy atom. The summed E-state index contributed by atoms with van der Waals surface area (Å²) in [7, 11) is 0. The van der Waals surface area contributed by atoms with E-state index in [0.717, 1.165) is 36.1 Å². The fourth-order valence-electron chi connectivity index (χ4n) is 4.25. The van der Waals surface area contributed by atoms with E-state index in [0.29, 0.717) is 22.9 Å². The maximum absolute atomic E-state index is 13.1. The van der Waals surface area contributed by atoms with Crippen molar-refractivity contribution >= 4 is 40.7 Å². The van der Waals surface area contributed by atoms with E-state index < -0.39 is 11.8 Å². The first-order valence-electron chi connectivity index (χ1n) is 11.4. The van der Waals surface area contributed by atoms with Crippen molar-refractivity contribution in [2.24, 2.45) is 0 Å². The SMILES string of the molecule is CC(C)c1ccc(N2C(=O)C(Cl)=C(Nc3cccc(C(=O)NC4CCCCC4)c3)C2=O)cc1. The number of halogens is 1. The summed E-state index contributed by atoms with van der Waals surface area (Å²) in [5, 5.41) is 5.87. The van der Waals surface area contributed by atoms with Crippen molar-refractivity contribution in [2.45, 2.75) is 57.9 Å². The third-order valence-corrected chi connectivity index (χ3v) is 6.53. The molecule has 0 unspecified atom stereocenters. The molecule has 1 fully saturated rings. The highest BCUT2D eigenvalue weighted by Gasteiger charge is 2.39. The van der Waals surface area contributed by atoms with Crippen LogP contribution in [0.5, 0.6) is 0 Å². The van der Waals surface area contributed by atoms with E-state index >= 15 is 0 Å². The average Bonchev–Trinajstić information content (AvgIpc) is 3.03. The summed E-state index contributed by atoms with van der Waals surface area (Å²) in [6.07, 6.45) is 5.47. The van der Waals surface area contributed by atoms with Crippen LogP contribution in [0.4, 0.5) is 11.4 Å². The van der Waals surface area contributed by atoms with Gasteiger partial charge in [-0.25, -0.2) is 4.90 Å². The van der Waals surface area contributed by atoms with Gasteiger partial charge in [-0.3, -0.25) is 14.4 Å². The van der Waals surface area contributed by atoms with Gasteiger partial charge in [0.15, 0.2) is 0 Å². The standard InChI is InChI=1S/C26H28ClN3O3/c1-16(2)17-11-13-21(14-12-17)30-25(32)22(27)23(26(30)33)28-20-10-6-7-18(15-20)24(31)29-19-8-4-3-5-9-19/h6-7,10-16,19,28H,3-5,8-9H2,1-2H3,(H,29,31). The highest BCUT2D eigenvalue weighted by Crippen LogP contribution is 2.31. The molecule has 0 spiro atoms. The fraction of sp³-hybridized carbons (Fsp3) is 0.346. The molecule has 0 aromatic heterocycles. The number of anilines is 2. The van der Waals surface area contributed by atoms with Gasteiger partial charge in [0, 0.05) is 17.3 Å². The quantitative estimate of drug-likeness (QED) is 0.567. The van der Waals surface area contributed by atoms with Crippen LogP contribution in [0.1, 0.15) is 67.8 Å². The molecule has 0 atom stereocenters. The van der Waals surface area contributed by atoms with Gasteiger partial charge >= 0.3 is 0 Å². The molecule has 3 amide bonds. The topological polar surface area (TPSA) is 78.5 Å². The molecule has 0 saturated heterocycles. The van der Waals surface area contributed by atoms with Crippen molar-refractivity contribution in [3.63, 3.8) is 0 Å². The van der Waals surface area contributed by atoms with Crippen LogP contribution in [-0.4, -0.2) is 23.8 Å². The molecule has 0 bridgehead atoms. The highest BCUT2D eigenvalue weighted by atomic mass is 35.5. The Bertz CT molecular complexity index is 1100. The van der Waals surface area contributed by atoms with Gasteiger partial charge in [0.2, 0.25) is 0 Å². The number of hydrogen-bond donors (Lipinski definition) is 2. The first-order valence-corrected chi connectivity index (χ1v) is 11.8. The number of nitrogens with zero attached hydrogens (tertiary/aromatic N) is 1. The lowest BCUT2D eigenvalue weighted by atomic mass is 9.95. The van der Waals surface area contributed by atoms with Crippen LogP contribution in [-0.2, 0) is 9.59 Å². The van der Waals surface area contributed by atoms with Gasteiger partial charge in [0.05, 0.1) is 5.69 Å². The number of rotatable bonds is 6. The van der Waals surface area contributed by atoms with E-state index in [1.165, 1.54) is 6.42 Å². The van der Waals surface area contributed by atoms with Crippen LogP contribution in [0.2, 0.25) is 0 Å². The number of imide groups is 1. The maximum Gasteiger partial charge on any atom is 0.283 e. The first-order chi connectivity index (χ1) is 15.8. The summed E-state index contributed by atoms with van der Waals surface area (Å²) in [6, 6.07) is 14.3. The predicted molar refractivity (Wildman–Crippen MR) is 130 cm³/mol. The Balaban J connectivity index is 1.49. The molecule has 6 nitrogen and oxygen atoms in total. The van der Waals surface area contributed by atoms with Crippen molar-refractivity contribution in [3.05, 3.63) is 70.4 Å². The monoisotopic (exact) mass is 465 g/mol. The molecule has 172 valence electrons. The van der Waals surface area contributed by atoms with Crippen molar-refractivity contribution in [2.75, 3.05) is 10.2 Å². The summed E-state index contributed by atoms with van der Waals surface area (Å²) in [5.74, 6) is -0.913. The third-order valence-electron chi connectivity index (χ3n) is 6.18. The average molecular weight is 466 g/mol. The maximum atomic E-state index is 13.1. The zero-order valence-electron chi connectivity index (χ0n) is 18.9. The molecule has 1 saturated carbocycles. The highest BCUT2D eigenvalue weighted by molar-refractivity contribution is 6.53. The first kappa shape index (κ1) is 23.1. The van der Waals surface area contributed by atoms with Gasteiger partial charge in [-0.2, -0.15) is 0 Å². The molecular formula is C26H28ClN3O3. The Morgan fingerprint density at radius 3 is 2.36 bits per heavy atom. The molecule has 2 aromatic rings. The molecule has 1 aliphatic heterocycles. The van der Waals surface area contributed by atoms with Crippen LogP contribution >= 0.6 is 11.6 Å². The Hall–Kier alpha value is -3.12. The van der Waals surface area contributed by atoms with Gasteiger partial charge in [-0.05, 0) is 54.7 Å². The smallest absolute Gasteiger partial charge is 0.283 e. The van der Waals surface area contributed by atoms with Crippen LogP contribution in [0, 0.1) is 0 Å². The number of amides is 3. The van der Waals surface area contributed by atoms with E-state index in [1.807, 2.05) is 12.1 Å². The number of carbonyl (C=O) groups excluding carboxylic acids is 3. The predicted octanol–water partition coefficient (Wildman–Crippen LogP) is 5.31. The van der Waals surface area contributed by atoms with E-state index in [-0.39, 0.29) is 22.7 Å². The fourth-order valence-corrected chi connectivity index (χ4v) is 4.46. The number of hydrogen-bond acceptors (Lipinski definition) is 4. The van der Waals surface area contributed by atoms with Crippen LogP contribution in [0.25, 0.3) is 0 Å². The zero-order chi connectivity index (χ0) is 23.5. The van der Waals surface area contributed by atoms with Gasteiger partial charge < -0.3 is 10.6 Å². The third kappa shape index (κ3) is 4.96. The second-order valence-electron chi connectivity index (χ2n) is 8.90. The van der Waals surface area contributed by atoms with Gasteiger partial charge in [-0.1, -0.05) is 62.9 Å². The van der Waals surface area contributed by atoms with E-state index in [2.05, 4.69) is 24.5 Å². The van der Waals surface area contributed by atoms with Gasteiger partial charge in [0.25, 0.3) is 17.7 Å². The van der Waals surface area contributed by atoms with Crippen LogP contribution < -0.4 is 15.5 Å². The van der Waals surface area contributed by atoms with Crippen molar-refractivity contribution in [3.8, 4) is 0 Å². The summed E-state index contributed by atoms with van der Waals surface area (Å²) >= 11 is 6.26. The van der Waals surface area contributed by atoms with Crippen molar-refractivity contribution in [1.82, 2.24) is 5.32 Å². The zero-order valence-corrected chi connectivity index (χ0v) is 19.6. The summed E-state index contributed by atoms with van der Waals surface area (Å²) in [5.41, 5.74) is 2.57. The van der Waals surface area contributed by atoms with E-state index in [4.69, 9.17) is 11.6 Å². The minimum atomic E-state index is -0.576. The van der Waals surface area contributed by atoms with Gasteiger partial charge in [-0.15, -0.1) is 0 Å². The summed E-state index contributed by atoms with van der Waals surface area (Å²) < 4.78 is 0. The van der Waals surface area contributed by atoms with Gasteiger partial charge in [0.1, 0.15) is 10.7 Å². The normalized spacial score (nSPS) is 17.2. The molecule has 2 N–H and O–H groups in total. The minimum Gasteiger partial charge on any atom is -0.350 e. The summed E-state index contributed by atoms with van der Waals surface area (Å²) in [6.45, 7) is 4.15. The molecule has 2 aromatic carbocycles. The Kier molecular flexibility index (Phi) is 6.84. The minimum absolute atomic E-state index is 0.000517. The van der Waals surface area contributed by atoms with Crippen LogP contribution in [0.15, 0.2) is 59.3 Å². The van der Waals surface area contributed by atoms with Crippen molar-refractivity contribution < 1.29 is 14.4 Å². The molecular weight excluding hydrogens is 438 g/mol. The molecule has 7 heteroatoms. The number of carbonyl (C=O) groups is 3. The largest absolute Gasteiger partial charge is 0.350 e. The molecule has 0 radical (unpaired) electrons. The lowest BCUT2D eigenvalue weighted by Crippen LogP contribution is -2.36. The lowest BCUT2D eigenvalue weighted by Gasteiger charge is -2.22. The van der Waals surface area contributed by atoms with Crippen molar-refractivity contribution in [1.29, 1.82) is 0 Å². The second-order valence-corrected chi connectivity index (χ2v) is 9.27. The number of nitrogens with one attached hydrogen (secondary N) is 2. The number of benzene rings is 2. The molecule has 4 rings (SSSR count). The molecule has 1 aliphatic carbocycles. The van der Waals surface area contributed by atoms with E-state index in [1.54, 1.807) is 36.4 Å². The second kappa shape index (κ2) is 9.79. The lowest BCUT2D eigenvalue weighted by molar-refractivity contribution is -0.120. The van der Waals surface area contributed by atoms with E-state index in [9.17, 15) is 14.4 Å². The molecule has 33 heavy (non-hydrogen) atoms. The molecule has 2 aliphatic rings. The molecule has 1 heterocycles. The Labute approximate surface area is 199 Å². The summed E-state index contributed by atoms with van der Waals surface area (Å²) in [4.78, 5) is 39.5.